The van der Waals surface area contributed by atoms with Crippen molar-refractivity contribution >= 4 is 27.7 Å². The first-order valence-corrected chi connectivity index (χ1v) is 6.99. The lowest BCUT2D eigenvalue weighted by molar-refractivity contribution is 0.261. The number of carbonyl (C=O) groups excluding carboxylic acids is 1. The Hall–Kier alpha value is -1.01. The number of sulfone groups is 1. The van der Waals surface area contributed by atoms with Crippen LogP contribution in [0.2, 0.25) is 0 Å². The lowest BCUT2D eigenvalue weighted by Crippen LogP contribution is -2.19. The quantitative estimate of drug-likeness (QED) is 0.800. The van der Waals surface area contributed by atoms with Gasteiger partial charge in [-0.15, -0.1) is 0 Å². The zero-order valence-electron chi connectivity index (χ0n) is 8.80. The summed E-state index contributed by atoms with van der Waals surface area (Å²) in [5, 5.41) is 2.18. The van der Waals surface area contributed by atoms with E-state index in [1.807, 2.05) is 0 Å². The van der Waals surface area contributed by atoms with Gasteiger partial charge in [0, 0.05) is 12.8 Å². The molecule has 0 radical (unpaired) electrons. The highest BCUT2D eigenvalue weighted by atomic mass is 32.2. The molecule has 6 heteroatoms. The van der Waals surface area contributed by atoms with Crippen molar-refractivity contribution in [2.75, 3.05) is 12.8 Å². The molecule has 0 saturated carbocycles. The molecule has 0 aromatic heterocycles. The summed E-state index contributed by atoms with van der Waals surface area (Å²) in [7, 11) is -3.14. The summed E-state index contributed by atoms with van der Waals surface area (Å²) >= 11 is 3.57. The van der Waals surface area contributed by atoms with Crippen molar-refractivity contribution in [1.29, 1.82) is 0 Å². The van der Waals surface area contributed by atoms with Crippen LogP contribution in [0.4, 0.5) is 4.79 Å². The first-order valence-electron chi connectivity index (χ1n) is 4.65. The Morgan fingerprint density at radius 1 is 1.31 bits per heavy atom. The summed E-state index contributed by atoms with van der Waals surface area (Å²) in [5.41, 5.74) is 0.967. The minimum atomic E-state index is -3.14. The van der Waals surface area contributed by atoms with Gasteiger partial charge in [-0.2, -0.15) is 0 Å². The van der Waals surface area contributed by atoms with E-state index in [1.54, 1.807) is 24.3 Å². The van der Waals surface area contributed by atoms with Gasteiger partial charge in [0.2, 0.25) is 0 Å². The average molecular weight is 259 g/mol. The molecule has 0 aliphatic carbocycles. The maximum absolute atomic E-state index is 11.2. The monoisotopic (exact) mass is 259 g/mol. The molecule has 0 bridgehead atoms. The summed E-state index contributed by atoms with van der Waals surface area (Å²) in [6.45, 7) is 0.487. The lowest BCUT2D eigenvalue weighted by Gasteiger charge is -2.03. The van der Waals surface area contributed by atoms with E-state index in [0.717, 1.165) is 5.56 Å². The Morgan fingerprint density at radius 3 is 2.31 bits per heavy atom. The number of rotatable bonds is 4. The van der Waals surface area contributed by atoms with Gasteiger partial charge in [-0.25, -0.2) is 8.42 Å². The molecule has 16 heavy (non-hydrogen) atoms. The fourth-order valence-corrected chi connectivity index (χ4v) is 1.96. The van der Waals surface area contributed by atoms with Gasteiger partial charge < -0.3 is 5.32 Å². The molecule has 0 heterocycles. The maximum atomic E-state index is 11.2. The zero-order chi connectivity index (χ0) is 12.2. The van der Waals surface area contributed by atoms with E-state index in [1.165, 1.54) is 6.26 Å². The Bertz CT molecular complexity index is 465. The van der Waals surface area contributed by atoms with Crippen molar-refractivity contribution in [3.8, 4) is 0 Å². The van der Waals surface area contributed by atoms with E-state index in [2.05, 4.69) is 17.9 Å². The molecule has 0 atom stereocenters. The maximum Gasteiger partial charge on any atom is 0.275 e. The van der Waals surface area contributed by atoms with Crippen LogP contribution < -0.4 is 5.32 Å². The molecule has 0 fully saturated rings. The van der Waals surface area contributed by atoms with Crippen molar-refractivity contribution in [2.45, 2.75) is 11.3 Å². The third-order valence-electron chi connectivity index (χ3n) is 2.04. The Morgan fingerprint density at radius 2 is 1.88 bits per heavy atom. The van der Waals surface area contributed by atoms with Gasteiger partial charge in [-0.05, 0) is 24.1 Å². The lowest BCUT2D eigenvalue weighted by atomic mass is 10.1. The standard InChI is InChI=1S/C10H13NO3S2/c1-16(13,14)9-4-2-8(3-5-9)6-7-11-10(12)15/h2-5H,6-7H2,1H3,(H2,11,12,15). The van der Waals surface area contributed by atoms with E-state index in [0.29, 0.717) is 17.9 Å². The van der Waals surface area contributed by atoms with Crippen molar-refractivity contribution in [2.24, 2.45) is 0 Å². The second-order valence-electron chi connectivity index (χ2n) is 3.40. The van der Waals surface area contributed by atoms with Gasteiger partial charge in [-0.1, -0.05) is 24.8 Å². The number of thiol groups is 1. The average Bonchev–Trinajstić information content (AvgIpc) is 2.16. The van der Waals surface area contributed by atoms with E-state index in [4.69, 9.17) is 0 Å². The van der Waals surface area contributed by atoms with E-state index in [-0.39, 0.29) is 5.24 Å². The molecule has 0 spiro atoms. The van der Waals surface area contributed by atoms with Gasteiger partial charge in [0.1, 0.15) is 0 Å². The predicted molar refractivity (Wildman–Crippen MR) is 65.6 cm³/mol. The molecule has 0 saturated heterocycles. The molecule has 1 aromatic carbocycles. The summed E-state index contributed by atoms with van der Waals surface area (Å²) in [6, 6.07) is 6.60. The number of carbonyl (C=O) groups is 1. The highest BCUT2D eigenvalue weighted by Crippen LogP contribution is 2.10. The molecule has 4 nitrogen and oxygen atoms in total. The van der Waals surface area contributed by atoms with Crippen LogP contribution in [0.25, 0.3) is 0 Å². The van der Waals surface area contributed by atoms with Crippen LogP contribution in [-0.4, -0.2) is 26.5 Å². The van der Waals surface area contributed by atoms with Crippen LogP contribution in [0.15, 0.2) is 29.2 Å². The Balaban J connectivity index is 2.62. The van der Waals surface area contributed by atoms with Gasteiger partial charge in [0.25, 0.3) is 5.24 Å². The van der Waals surface area contributed by atoms with Crippen molar-refractivity contribution in [1.82, 2.24) is 5.32 Å². The van der Waals surface area contributed by atoms with E-state index < -0.39 is 9.84 Å². The fraction of sp³-hybridized carbons (Fsp3) is 0.300. The van der Waals surface area contributed by atoms with Gasteiger partial charge >= 0.3 is 0 Å². The molecule has 88 valence electrons. The summed E-state index contributed by atoms with van der Waals surface area (Å²) < 4.78 is 22.4. The second kappa shape index (κ2) is 5.36. The normalized spacial score (nSPS) is 11.1. The van der Waals surface area contributed by atoms with Crippen molar-refractivity contribution < 1.29 is 13.2 Å². The number of amides is 1. The number of nitrogens with one attached hydrogen (secondary N) is 1. The third-order valence-corrected chi connectivity index (χ3v) is 3.33. The van der Waals surface area contributed by atoms with Crippen LogP contribution in [0.3, 0.4) is 0 Å². The van der Waals surface area contributed by atoms with E-state index in [9.17, 15) is 13.2 Å². The number of benzene rings is 1. The molecule has 1 amide bonds. The number of hydrogen-bond donors (Lipinski definition) is 2. The van der Waals surface area contributed by atoms with Crippen LogP contribution in [-0.2, 0) is 16.3 Å². The number of hydrogen-bond acceptors (Lipinski definition) is 3. The Labute approximate surface area is 100 Å². The first kappa shape index (κ1) is 13.1. The predicted octanol–water partition coefficient (Wildman–Crippen LogP) is 1.27. The smallest absolute Gasteiger partial charge is 0.275 e. The van der Waals surface area contributed by atoms with Gasteiger partial charge in [0.15, 0.2) is 9.84 Å². The van der Waals surface area contributed by atoms with Gasteiger partial charge in [0.05, 0.1) is 4.90 Å². The van der Waals surface area contributed by atoms with Crippen LogP contribution in [0.5, 0.6) is 0 Å². The summed E-state index contributed by atoms with van der Waals surface area (Å²) in [5.74, 6) is 0. The topological polar surface area (TPSA) is 63.2 Å². The fourth-order valence-electron chi connectivity index (χ4n) is 1.22. The van der Waals surface area contributed by atoms with Crippen LogP contribution in [0.1, 0.15) is 5.56 Å². The first-order chi connectivity index (χ1) is 7.39. The molecule has 0 aliphatic heterocycles. The zero-order valence-corrected chi connectivity index (χ0v) is 10.5. The Kier molecular flexibility index (Phi) is 4.37. The molecule has 1 rings (SSSR count). The second-order valence-corrected chi connectivity index (χ2v) is 5.82. The van der Waals surface area contributed by atoms with Crippen molar-refractivity contribution in [3.05, 3.63) is 29.8 Å². The van der Waals surface area contributed by atoms with E-state index >= 15 is 0 Å². The summed E-state index contributed by atoms with van der Waals surface area (Å²) in [6.07, 6.45) is 1.82. The highest BCUT2D eigenvalue weighted by molar-refractivity contribution is 7.96. The molecule has 0 unspecified atom stereocenters. The molecule has 0 aliphatic rings. The SMILES string of the molecule is CS(=O)(=O)c1ccc(CCNC(=O)S)cc1. The largest absolute Gasteiger partial charge is 0.347 e. The summed E-state index contributed by atoms with van der Waals surface area (Å²) in [4.78, 5) is 10.8. The van der Waals surface area contributed by atoms with Crippen LogP contribution in [0, 0.1) is 0 Å². The van der Waals surface area contributed by atoms with Gasteiger partial charge in [-0.3, -0.25) is 4.79 Å². The highest BCUT2D eigenvalue weighted by Gasteiger charge is 2.05. The minimum Gasteiger partial charge on any atom is -0.347 e. The molecule has 1 N–H and O–H groups in total. The van der Waals surface area contributed by atoms with Crippen molar-refractivity contribution in [3.63, 3.8) is 0 Å². The third kappa shape index (κ3) is 4.24. The minimum absolute atomic E-state index is 0.300. The van der Waals surface area contributed by atoms with Crippen LogP contribution >= 0.6 is 12.6 Å². The molecular weight excluding hydrogens is 246 g/mol. The molecular formula is C10H13NO3S2. The molecule has 1 aromatic rings.